The second-order valence-corrected chi connectivity index (χ2v) is 2.59. The molecule has 5 nitrogen and oxygen atoms in total. The predicted molar refractivity (Wildman–Crippen MR) is 43.8 cm³/mol. The lowest BCUT2D eigenvalue weighted by atomic mass is 10.1. The Balaban J connectivity index is 2.56. The smallest absolute Gasteiger partial charge is 0.286 e. The van der Waals surface area contributed by atoms with E-state index in [1.165, 1.54) is 7.11 Å². The van der Waals surface area contributed by atoms with E-state index in [0.29, 0.717) is 12.6 Å². The summed E-state index contributed by atoms with van der Waals surface area (Å²) in [5, 5.41) is 11.8. The summed E-state index contributed by atoms with van der Waals surface area (Å²) in [6.07, 6.45) is -0.206. The molecule has 1 rings (SSSR count). The van der Waals surface area contributed by atoms with Gasteiger partial charge in [-0.05, 0) is 0 Å². The standard InChI is InChI=1S/C7H14N2O3/c1-11-6-5(4-10)3-8-7(9-6)12-2/h5-6,10H,3-4H2,1-2H3,(H,8,9). The van der Waals surface area contributed by atoms with Crippen molar-refractivity contribution in [3.63, 3.8) is 0 Å². The van der Waals surface area contributed by atoms with Crippen molar-refractivity contribution in [3.8, 4) is 0 Å². The molecule has 2 atom stereocenters. The summed E-state index contributed by atoms with van der Waals surface area (Å²) in [6, 6.07) is 0.464. The van der Waals surface area contributed by atoms with E-state index in [2.05, 4.69) is 10.3 Å². The molecule has 2 N–H and O–H groups in total. The van der Waals surface area contributed by atoms with Gasteiger partial charge in [0.1, 0.15) is 6.23 Å². The van der Waals surface area contributed by atoms with Crippen LogP contribution in [0, 0.1) is 5.92 Å². The van der Waals surface area contributed by atoms with Gasteiger partial charge >= 0.3 is 0 Å². The van der Waals surface area contributed by atoms with E-state index in [-0.39, 0.29) is 18.8 Å². The van der Waals surface area contributed by atoms with E-state index in [1.54, 1.807) is 7.11 Å². The second kappa shape index (κ2) is 4.27. The van der Waals surface area contributed by atoms with Crippen LogP contribution in [0.3, 0.4) is 0 Å². The van der Waals surface area contributed by atoms with Crippen LogP contribution in [-0.4, -0.2) is 44.7 Å². The normalized spacial score (nSPS) is 29.1. The van der Waals surface area contributed by atoms with Gasteiger partial charge in [-0.3, -0.25) is 0 Å². The third kappa shape index (κ3) is 1.86. The molecule has 0 aromatic carbocycles. The van der Waals surface area contributed by atoms with Crippen LogP contribution in [0.2, 0.25) is 0 Å². The third-order valence-electron chi connectivity index (χ3n) is 1.85. The molecule has 1 aliphatic heterocycles. The van der Waals surface area contributed by atoms with Crippen molar-refractivity contribution in [1.29, 1.82) is 0 Å². The quantitative estimate of drug-likeness (QED) is 0.573. The lowest BCUT2D eigenvalue weighted by Crippen LogP contribution is -2.48. The molecule has 1 aliphatic rings. The van der Waals surface area contributed by atoms with Gasteiger partial charge in [0.15, 0.2) is 0 Å². The first kappa shape index (κ1) is 9.28. The van der Waals surface area contributed by atoms with Gasteiger partial charge < -0.3 is 19.9 Å². The first-order valence-electron chi connectivity index (χ1n) is 3.80. The zero-order chi connectivity index (χ0) is 8.97. The lowest BCUT2D eigenvalue weighted by Gasteiger charge is -2.28. The number of aliphatic hydroxyl groups is 1. The number of hydrogen-bond acceptors (Lipinski definition) is 5. The molecule has 0 saturated carbocycles. The van der Waals surface area contributed by atoms with Crippen LogP contribution >= 0.6 is 0 Å². The second-order valence-electron chi connectivity index (χ2n) is 2.59. The van der Waals surface area contributed by atoms with Crippen LogP contribution in [0.1, 0.15) is 0 Å². The molecule has 70 valence electrons. The minimum atomic E-state index is -0.206. The van der Waals surface area contributed by atoms with E-state index < -0.39 is 0 Å². The fourth-order valence-corrected chi connectivity index (χ4v) is 1.11. The van der Waals surface area contributed by atoms with Gasteiger partial charge in [-0.2, -0.15) is 0 Å². The van der Waals surface area contributed by atoms with E-state index in [9.17, 15) is 0 Å². The molecular formula is C7H14N2O3. The summed E-state index contributed by atoms with van der Waals surface area (Å²) in [5.41, 5.74) is 0. The van der Waals surface area contributed by atoms with Crippen LogP contribution in [0.4, 0.5) is 0 Å². The topological polar surface area (TPSA) is 63.1 Å². The first-order chi connectivity index (χ1) is 5.81. The number of ether oxygens (including phenoxy) is 2. The summed E-state index contributed by atoms with van der Waals surface area (Å²) in [5.74, 6) is 0.00824. The summed E-state index contributed by atoms with van der Waals surface area (Å²) in [7, 11) is 3.12. The largest absolute Gasteiger partial charge is 0.469 e. The summed E-state index contributed by atoms with van der Waals surface area (Å²) in [4.78, 5) is 4.04. The molecule has 0 aromatic rings. The maximum Gasteiger partial charge on any atom is 0.286 e. The SMILES string of the molecule is COC1=NCC(CO)C(OC)N1. The average Bonchev–Trinajstić information content (AvgIpc) is 2.16. The Labute approximate surface area is 71.4 Å². The molecule has 0 aromatic heterocycles. The Morgan fingerprint density at radius 1 is 1.67 bits per heavy atom. The highest BCUT2D eigenvalue weighted by Crippen LogP contribution is 2.09. The van der Waals surface area contributed by atoms with Gasteiger partial charge in [0.25, 0.3) is 6.02 Å². The summed E-state index contributed by atoms with van der Waals surface area (Å²) in [6.45, 7) is 0.594. The van der Waals surface area contributed by atoms with Crippen LogP contribution in [0.15, 0.2) is 4.99 Å². The Kier molecular flexibility index (Phi) is 3.31. The maximum atomic E-state index is 8.92. The van der Waals surface area contributed by atoms with Crippen LogP contribution in [-0.2, 0) is 9.47 Å². The number of amidine groups is 1. The van der Waals surface area contributed by atoms with E-state index in [0.717, 1.165) is 0 Å². The molecule has 0 radical (unpaired) electrons. The lowest BCUT2D eigenvalue weighted by molar-refractivity contribution is 0.00979. The van der Waals surface area contributed by atoms with Gasteiger partial charge in [-0.15, -0.1) is 0 Å². The maximum absolute atomic E-state index is 8.92. The summed E-state index contributed by atoms with van der Waals surface area (Å²) >= 11 is 0. The first-order valence-corrected chi connectivity index (χ1v) is 3.80. The molecule has 2 unspecified atom stereocenters. The Hall–Kier alpha value is -0.810. The van der Waals surface area contributed by atoms with Crippen molar-refractivity contribution in [2.45, 2.75) is 6.23 Å². The van der Waals surface area contributed by atoms with Gasteiger partial charge in [-0.1, -0.05) is 0 Å². The molecule has 12 heavy (non-hydrogen) atoms. The van der Waals surface area contributed by atoms with Gasteiger partial charge in [-0.25, -0.2) is 4.99 Å². The molecule has 0 spiro atoms. The van der Waals surface area contributed by atoms with Crippen molar-refractivity contribution in [2.75, 3.05) is 27.4 Å². The number of nitrogens with zero attached hydrogens (tertiary/aromatic N) is 1. The zero-order valence-electron chi connectivity index (χ0n) is 7.28. The number of rotatable bonds is 2. The number of aliphatic hydroxyl groups excluding tert-OH is 1. The number of aliphatic imine (C=N–C) groups is 1. The van der Waals surface area contributed by atoms with Crippen LogP contribution < -0.4 is 5.32 Å². The highest BCUT2D eigenvalue weighted by Gasteiger charge is 2.25. The van der Waals surface area contributed by atoms with Crippen molar-refractivity contribution in [2.24, 2.45) is 10.9 Å². The molecule has 0 aliphatic carbocycles. The fourth-order valence-electron chi connectivity index (χ4n) is 1.11. The minimum Gasteiger partial charge on any atom is -0.469 e. The molecular weight excluding hydrogens is 160 g/mol. The molecule has 0 bridgehead atoms. The molecule has 0 amide bonds. The summed E-state index contributed by atoms with van der Waals surface area (Å²) < 4.78 is 9.99. The Bertz CT molecular complexity index is 172. The van der Waals surface area contributed by atoms with Crippen molar-refractivity contribution < 1.29 is 14.6 Å². The van der Waals surface area contributed by atoms with Crippen LogP contribution in [0.5, 0.6) is 0 Å². The van der Waals surface area contributed by atoms with E-state index >= 15 is 0 Å². The van der Waals surface area contributed by atoms with Crippen LogP contribution in [0.25, 0.3) is 0 Å². The third-order valence-corrected chi connectivity index (χ3v) is 1.85. The molecule has 1 heterocycles. The van der Waals surface area contributed by atoms with Crippen molar-refractivity contribution in [1.82, 2.24) is 5.32 Å². The van der Waals surface area contributed by atoms with Gasteiger partial charge in [0, 0.05) is 13.0 Å². The predicted octanol–water partition coefficient (Wildman–Crippen LogP) is -0.827. The number of hydrogen-bond donors (Lipinski definition) is 2. The minimum absolute atomic E-state index is 0.00824. The van der Waals surface area contributed by atoms with E-state index in [1.807, 2.05) is 0 Å². The van der Waals surface area contributed by atoms with Gasteiger partial charge in [0.2, 0.25) is 0 Å². The molecule has 5 heteroatoms. The Morgan fingerprint density at radius 3 is 2.92 bits per heavy atom. The average molecular weight is 174 g/mol. The number of nitrogens with one attached hydrogen (secondary N) is 1. The Morgan fingerprint density at radius 2 is 2.42 bits per heavy atom. The monoisotopic (exact) mass is 174 g/mol. The molecule has 0 saturated heterocycles. The van der Waals surface area contributed by atoms with E-state index in [4.69, 9.17) is 14.6 Å². The van der Waals surface area contributed by atoms with Crippen molar-refractivity contribution >= 4 is 6.02 Å². The number of methoxy groups -OCH3 is 2. The zero-order valence-corrected chi connectivity index (χ0v) is 7.28. The van der Waals surface area contributed by atoms with Gasteiger partial charge in [0.05, 0.1) is 20.3 Å². The highest BCUT2D eigenvalue weighted by molar-refractivity contribution is 5.74. The molecule has 0 fully saturated rings. The van der Waals surface area contributed by atoms with Crippen molar-refractivity contribution in [3.05, 3.63) is 0 Å². The fraction of sp³-hybridized carbons (Fsp3) is 0.857. The highest BCUT2D eigenvalue weighted by atomic mass is 16.5.